The van der Waals surface area contributed by atoms with Gasteiger partial charge in [0.15, 0.2) is 11.9 Å². The molecule has 0 spiro atoms. The molecule has 2 aromatic rings. The smallest absolute Gasteiger partial charge is 0.240 e. The van der Waals surface area contributed by atoms with Crippen LogP contribution in [0.1, 0.15) is 25.6 Å². The molecule has 0 saturated heterocycles. The Morgan fingerprint density at radius 3 is 2.07 bits per heavy atom. The summed E-state index contributed by atoms with van der Waals surface area (Å²) in [4.78, 5) is 26.8. The number of hydrazone groups is 1. The molecule has 0 bridgehead atoms. The molecule has 1 amide bonds. The Hall–Kier alpha value is -3.35. The van der Waals surface area contributed by atoms with E-state index >= 15 is 0 Å². The molecule has 0 aliphatic carbocycles. The van der Waals surface area contributed by atoms with Gasteiger partial charge in [0.2, 0.25) is 11.7 Å². The Morgan fingerprint density at radius 1 is 0.964 bits per heavy atom. The Balaban J connectivity index is 2.18. The van der Waals surface area contributed by atoms with E-state index in [2.05, 4.69) is 5.10 Å². The van der Waals surface area contributed by atoms with Crippen molar-refractivity contribution in [3.63, 3.8) is 0 Å². The fourth-order valence-electron chi connectivity index (χ4n) is 3.28. The van der Waals surface area contributed by atoms with Crippen molar-refractivity contribution in [1.29, 1.82) is 0 Å². The number of benzene rings is 2. The van der Waals surface area contributed by atoms with Crippen molar-refractivity contribution in [2.45, 2.75) is 20.0 Å². The normalized spacial score (nSPS) is 16.7. The number of hydrogen-bond acceptors (Lipinski definition) is 6. The van der Waals surface area contributed by atoms with E-state index in [1.54, 1.807) is 17.1 Å². The molecule has 0 fully saturated rings. The second-order valence-electron chi connectivity index (χ2n) is 6.91. The first-order chi connectivity index (χ1) is 13.3. The van der Waals surface area contributed by atoms with Crippen LogP contribution >= 0.6 is 0 Å². The Morgan fingerprint density at radius 2 is 1.57 bits per heavy atom. The second kappa shape index (κ2) is 7.72. The molecular weight excluding hydrogens is 354 g/mol. The van der Waals surface area contributed by atoms with Crippen LogP contribution in [0.15, 0.2) is 59.7 Å². The predicted molar refractivity (Wildman–Crippen MR) is 111 cm³/mol. The number of likely N-dealkylation sites (N-methyl/N-ethyl adjacent to an activating group) is 1. The number of carbonyl (C=O) groups excluding carboxylic acids is 2. The van der Waals surface area contributed by atoms with Gasteiger partial charge < -0.3 is 4.90 Å². The molecule has 0 saturated carbocycles. The number of hydrazine groups is 1. The topological polar surface area (TPSA) is 59.5 Å². The van der Waals surface area contributed by atoms with Crippen LogP contribution < -0.4 is 9.91 Å². The molecule has 2 aromatic carbocycles. The molecule has 1 heterocycles. The van der Waals surface area contributed by atoms with Crippen LogP contribution in [0.5, 0.6) is 0 Å². The average Bonchev–Trinajstić information content (AvgIpc) is 2.67. The van der Waals surface area contributed by atoms with Gasteiger partial charge in [0.05, 0.1) is 5.69 Å². The van der Waals surface area contributed by atoms with E-state index in [9.17, 15) is 9.59 Å². The first kappa shape index (κ1) is 19.4. The van der Waals surface area contributed by atoms with Gasteiger partial charge in [-0.05, 0) is 29.8 Å². The molecule has 1 aliphatic rings. The summed E-state index contributed by atoms with van der Waals surface area (Å²) >= 11 is 0. The van der Waals surface area contributed by atoms with Crippen LogP contribution in [-0.4, -0.2) is 48.7 Å². The third-order valence-electron chi connectivity index (χ3n) is 4.66. The van der Waals surface area contributed by atoms with Gasteiger partial charge in [-0.15, -0.1) is 5.10 Å². The minimum absolute atomic E-state index is 0.182. The predicted octanol–water partition coefficient (Wildman–Crippen LogP) is 2.87. The maximum atomic E-state index is 12.6. The first-order valence-electron chi connectivity index (χ1n) is 9.06. The standard InChI is InChI=1S/C21H25N5O2/c1-15(27)20-22-25(19-9-7-6-8-10-19)21(26(16(2)28)24(20)5)17-11-13-18(14-12-17)23(3)4/h6-14,21H,1-5H3/t21-/m1/s1. The zero-order valence-electron chi connectivity index (χ0n) is 16.8. The van der Waals surface area contributed by atoms with Crippen molar-refractivity contribution in [1.82, 2.24) is 10.0 Å². The van der Waals surface area contributed by atoms with Gasteiger partial charge in [-0.2, -0.15) is 0 Å². The number of para-hydroxylation sites is 1. The molecule has 1 atom stereocenters. The van der Waals surface area contributed by atoms with Crippen LogP contribution in [-0.2, 0) is 9.59 Å². The summed E-state index contributed by atoms with van der Waals surface area (Å²) in [5.74, 6) is -0.185. The Labute approximate surface area is 165 Å². The lowest BCUT2D eigenvalue weighted by molar-refractivity contribution is -0.145. The Kier molecular flexibility index (Phi) is 5.35. The van der Waals surface area contributed by atoms with E-state index in [1.807, 2.05) is 73.6 Å². The summed E-state index contributed by atoms with van der Waals surface area (Å²) in [6, 6.07) is 17.5. The molecule has 146 valence electrons. The van der Waals surface area contributed by atoms with E-state index in [4.69, 9.17) is 0 Å². The van der Waals surface area contributed by atoms with Gasteiger partial charge in [0.25, 0.3) is 0 Å². The SMILES string of the molecule is CC(=O)C1=NN(c2ccccc2)[C@@H](c2ccc(N(C)C)cc2)N(C(C)=O)N1C. The van der Waals surface area contributed by atoms with Crippen molar-refractivity contribution in [2.75, 3.05) is 31.1 Å². The minimum Gasteiger partial charge on any atom is -0.378 e. The molecular formula is C21H25N5O2. The molecule has 1 aliphatic heterocycles. The number of amides is 1. The lowest BCUT2D eigenvalue weighted by atomic mass is 10.1. The number of carbonyl (C=O) groups is 2. The van der Waals surface area contributed by atoms with Crippen LogP contribution in [0.2, 0.25) is 0 Å². The van der Waals surface area contributed by atoms with Crippen molar-refractivity contribution >= 4 is 28.9 Å². The number of rotatable bonds is 4. The fraction of sp³-hybridized carbons (Fsp3) is 0.286. The third kappa shape index (κ3) is 3.55. The van der Waals surface area contributed by atoms with Gasteiger partial charge in [0.1, 0.15) is 0 Å². The molecule has 7 heteroatoms. The number of ketones is 1. The number of hydrogen-bond donors (Lipinski definition) is 0. The van der Waals surface area contributed by atoms with Gasteiger partial charge >= 0.3 is 0 Å². The summed E-state index contributed by atoms with van der Waals surface area (Å²) in [5, 5.41) is 9.42. The summed E-state index contributed by atoms with van der Waals surface area (Å²) in [7, 11) is 5.64. The van der Waals surface area contributed by atoms with Gasteiger partial charge in [-0.1, -0.05) is 30.3 Å². The fourth-order valence-corrected chi connectivity index (χ4v) is 3.28. The summed E-state index contributed by atoms with van der Waals surface area (Å²) in [6.45, 7) is 2.94. The average molecular weight is 379 g/mol. The molecule has 0 N–H and O–H groups in total. The molecule has 0 radical (unpaired) electrons. The summed E-state index contributed by atoms with van der Waals surface area (Å²) in [5.41, 5.74) is 2.74. The minimum atomic E-state index is -0.510. The van der Waals surface area contributed by atoms with Gasteiger partial charge in [-0.3, -0.25) is 14.6 Å². The maximum Gasteiger partial charge on any atom is 0.240 e. The highest BCUT2D eigenvalue weighted by Gasteiger charge is 2.39. The van der Waals surface area contributed by atoms with E-state index in [-0.39, 0.29) is 17.5 Å². The van der Waals surface area contributed by atoms with Gasteiger partial charge in [-0.25, -0.2) is 10.0 Å². The van der Waals surface area contributed by atoms with Crippen LogP contribution in [0.3, 0.4) is 0 Å². The molecule has 3 rings (SSSR count). The maximum absolute atomic E-state index is 12.6. The van der Waals surface area contributed by atoms with E-state index < -0.39 is 6.17 Å². The Bertz CT molecular complexity index is 893. The lowest BCUT2D eigenvalue weighted by Crippen LogP contribution is -2.58. The third-order valence-corrected chi connectivity index (χ3v) is 4.66. The molecule has 28 heavy (non-hydrogen) atoms. The number of anilines is 2. The van der Waals surface area contributed by atoms with Crippen molar-refractivity contribution < 1.29 is 9.59 Å². The highest BCUT2D eigenvalue weighted by molar-refractivity contribution is 6.38. The van der Waals surface area contributed by atoms with Crippen LogP contribution in [0.25, 0.3) is 0 Å². The highest BCUT2D eigenvalue weighted by atomic mass is 16.2. The number of nitrogens with zero attached hydrogens (tertiary/aromatic N) is 5. The van der Waals surface area contributed by atoms with E-state index in [1.165, 1.54) is 18.9 Å². The monoisotopic (exact) mass is 379 g/mol. The quantitative estimate of drug-likeness (QED) is 0.818. The first-order valence-corrected chi connectivity index (χ1v) is 9.06. The van der Waals surface area contributed by atoms with Crippen molar-refractivity contribution in [2.24, 2.45) is 5.10 Å². The summed E-state index contributed by atoms with van der Waals surface area (Å²) in [6.07, 6.45) is -0.510. The summed E-state index contributed by atoms with van der Waals surface area (Å²) < 4.78 is 0. The largest absolute Gasteiger partial charge is 0.378 e. The highest BCUT2D eigenvalue weighted by Crippen LogP contribution is 2.35. The molecule has 0 aromatic heterocycles. The van der Waals surface area contributed by atoms with Gasteiger partial charge in [0, 0.05) is 40.7 Å². The molecule has 7 nitrogen and oxygen atoms in total. The van der Waals surface area contributed by atoms with Crippen LogP contribution in [0.4, 0.5) is 11.4 Å². The second-order valence-corrected chi connectivity index (χ2v) is 6.91. The van der Waals surface area contributed by atoms with Crippen LogP contribution in [0, 0.1) is 0 Å². The van der Waals surface area contributed by atoms with Crippen molar-refractivity contribution in [3.8, 4) is 0 Å². The number of Topliss-reactive ketones (excluding diaryl/α,β-unsaturated/α-hetero) is 1. The van der Waals surface area contributed by atoms with E-state index in [0.29, 0.717) is 0 Å². The zero-order valence-corrected chi connectivity index (χ0v) is 16.8. The van der Waals surface area contributed by atoms with E-state index in [0.717, 1.165) is 16.9 Å². The lowest BCUT2D eigenvalue weighted by Gasteiger charge is -2.46. The number of amidine groups is 1. The molecule has 0 unspecified atom stereocenters. The van der Waals surface area contributed by atoms with Crippen molar-refractivity contribution in [3.05, 3.63) is 60.2 Å². The zero-order chi connectivity index (χ0) is 20.4.